The van der Waals surface area contributed by atoms with Crippen LogP contribution in [0.1, 0.15) is 27.7 Å². The summed E-state index contributed by atoms with van der Waals surface area (Å²) < 4.78 is 5.33. The summed E-state index contributed by atoms with van der Waals surface area (Å²) in [5, 5.41) is 12.1. The summed E-state index contributed by atoms with van der Waals surface area (Å²) in [6.45, 7) is 9.48. The summed E-state index contributed by atoms with van der Waals surface area (Å²) in [5.41, 5.74) is 1.30. The van der Waals surface area contributed by atoms with E-state index >= 15 is 0 Å². The first-order chi connectivity index (χ1) is 11.4. The minimum Gasteiger partial charge on any atom is -0.508 e. The third-order valence-electron chi connectivity index (χ3n) is 5.00. The zero-order chi connectivity index (χ0) is 17.7. The van der Waals surface area contributed by atoms with Crippen molar-refractivity contribution < 1.29 is 9.84 Å². The van der Waals surface area contributed by atoms with Crippen LogP contribution in [0.2, 0.25) is 11.1 Å². The number of aromatic hydroxyl groups is 1. The third kappa shape index (κ3) is 3.98. The molecule has 2 aromatic rings. The van der Waals surface area contributed by atoms with Crippen molar-refractivity contribution in [3.05, 3.63) is 48.5 Å². The topological polar surface area (TPSA) is 29.5 Å². The standard InChI is InChI=1S/C20H28O2SSi/c1-15(2)24(16(3)4,20-12-8-18(22-5)9-13-20)14-23-19-10-6-17(21)7-11-19/h6-13,15-16,21H,14H2,1-5H3. The summed E-state index contributed by atoms with van der Waals surface area (Å²) in [5.74, 6) is 1.24. The lowest BCUT2D eigenvalue weighted by atomic mass is 10.3. The molecule has 0 saturated heterocycles. The summed E-state index contributed by atoms with van der Waals surface area (Å²) in [6, 6.07) is 16.3. The summed E-state index contributed by atoms with van der Waals surface area (Å²) in [7, 11) is 0.0000441. The van der Waals surface area contributed by atoms with E-state index in [1.54, 1.807) is 19.2 Å². The maximum absolute atomic E-state index is 9.48. The molecule has 2 nitrogen and oxygen atoms in total. The average molecular weight is 361 g/mol. The van der Waals surface area contributed by atoms with E-state index in [-0.39, 0.29) is 0 Å². The van der Waals surface area contributed by atoms with Crippen molar-refractivity contribution in [2.45, 2.75) is 43.7 Å². The van der Waals surface area contributed by atoms with Crippen LogP contribution >= 0.6 is 11.8 Å². The molecule has 1 N–H and O–H groups in total. The Balaban J connectivity index is 2.33. The van der Waals surface area contributed by atoms with Gasteiger partial charge in [0, 0.05) is 4.90 Å². The van der Waals surface area contributed by atoms with E-state index in [2.05, 4.69) is 52.0 Å². The van der Waals surface area contributed by atoms with Gasteiger partial charge in [0.1, 0.15) is 19.6 Å². The Hall–Kier alpha value is -1.39. The lowest BCUT2D eigenvalue weighted by molar-refractivity contribution is 0.415. The van der Waals surface area contributed by atoms with Crippen LogP contribution in [0.5, 0.6) is 11.5 Å². The van der Waals surface area contributed by atoms with Gasteiger partial charge in [-0.15, -0.1) is 11.8 Å². The monoisotopic (exact) mass is 360 g/mol. The molecule has 24 heavy (non-hydrogen) atoms. The number of rotatable bonds is 7. The largest absolute Gasteiger partial charge is 0.508 e. The molecule has 0 heterocycles. The third-order valence-corrected chi connectivity index (χ3v) is 13.6. The highest BCUT2D eigenvalue weighted by Gasteiger charge is 2.41. The molecule has 0 bridgehead atoms. The van der Waals surface area contributed by atoms with E-state index in [1.165, 1.54) is 10.1 Å². The van der Waals surface area contributed by atoms with Crippen molar-refractivity contribution in [1.29, 1.82) is 0 Å². The van der Waals surface area contributed by atoms with Gasteiger partial charge in [0.25, 0.3) is 0 Å². The van der Waals surface area contributed by atoms with Crippen LogP contribution in [-0.4, -0.2) is 25.7 Å². The quantitative estimate of drug-likeness (QED) is 0.543. The molecule has 4 heteroatoms. The van der Waals surface area contributed by atoms with Crippen molar-refractivity contribution in [3.63, 3.8) is 0 Å². The van der Waals surface area contributed by atoms with Gasteiger partial charge < -0.3 is 9.84 Å². The van der Waals surface area contributed by atoms with Gasteiger partial charge in [-0.05, 0) is 52.9 Å². The Morgan fingerprint density at radius 3 is 1.92 bits per heavy atom. The summed E-state index contributed by atoms with van der Waals surface area (Å²) in [4.78, 5) is 1.22. The van der Waals surface area contributed by atoms with E-state index in [1.807, 2.05) is 23.9 Å². The van der Waals surface area contributed by atoms with Gasteiger partial charge in [0.15, 0.2) is 0 Å². The Morgan fingerprint density at radius 2 is 1.46 bits per heavy atom. The lowest BCUT2D eigenvalue weighted by Gasteiger charge is -2.40. The highest BCUT2D eigenvalue weighted by Crippen LogP contribution is 2.37. The maximum atomic E-state index is 9.48. The molecule has 0 spiro atoms. The Morgan fingerprint density at radius 1 is 0.917 bits per heavy atom. The van der Waals surface area contributed by atoms with Crippen LogP contribution in [0, 0.1) is 0 Å². The minimum absolute atomic E-state index is 0.325. The van der Waals surface area contributed by atoms with E-state index in [0.717, 1.165) is 11.1 Å². The second-order valence-electron chi connectivity index (χ2n) is 6.86. The van der Waals surface area contributed by atoms with Crippen LogP contribution in [-0.2, 0) is 0 Å². The molecule has 0 radical (unpaired) electrons. The molecule has 130 valence electrons. The second kappa shape index (κ2) is 8.12. The SMILES string of the molecule is COc1ccc([Si](CSc2ccc(O)cc2)(C(C)C)C(C)C)cc1. The summed E-state index contributed by atoms with van der Waals surface area (Å²) >= 11 is 1.92. The average Bonchev–Trinajstić information content (AvgIpc) is 2.57. The molecule has 0 aliphatic heterocycles. The molecule has 0 fully saturated rings. The molecular formula is C20H28O2SSi. The van der Waals surface area contributed by atoms with Crippen LogP contribution in [0.4, 0.5) is 0 Å². The molecule has 0 unspecified atom stereocenters. The van der Waals surface area contributed by atoms with Gasteiger partial charge in [0.05, 0.1) is 7.11 Å². The number of phenolic OH excluding ortho intramolecular Hbond substituents is 1. The molecule has 2 aromatic carbocycles. The number of hydrogen-bond acceptors (Lipinski definition) is 3. The fourth-order valence-corrected chi connectivity index (χ4v) is 12.1. The van der Waals surface area contributed by atoms with E-state index < -0.39 is 8.07 Å². The maximum Gasteiger partial charge on any atom is 0.118 e. The number of hydrogen-bond donors (Lipinski definition) is 1. The molecule has 0 saturated carbocycles. The van der Waals surface area contributed by atoms with Crippen LogP contribution < -0.4 is 9.92 Å². The number of phenols is 1. The minimum atomic E-state index is -1.71. The van der Waals surface area contributed by atoms with Gasteiger partial charge in [0.2, 0.25) is 0 Å². The van der Waals surface area contributed by atoms with Crippen molar-refractivity contribution in [2.24, 2.45) is 0 Å². The number of thioether (sulfide) groups is 1. The Labute approximate surface area is 151 Å². The predicted octanol–water partition coefficient (Wildman–Crippen LogP) is 5.21. The fourth-order valence-electron chi connectivity index (χ4n) is 3.40. The normalized spacial score (nSPS) is 12.0. The van der Waals surface area contributed by atoms with E-state index in [9.17, 15) is 5.11 Å². The molecular weight excluding hydrogens is 332 g/mol. The number of benzene rings is 2. The Bertz CT molecular complexity index is 628. The van der Waals surface area contributed by atoms with Crippen LogP contribution in [0.15, 0.2) is 53.4 Å². The molecule has 2 rings (SSSR count). The number of ether oxygens (including phenoxy) is 1. The second-order valence-corrected chi connectivity index (χ2v) is 13.7. The van der Waals surface area contributed by atoms with Gasteiger partial charge in [-0.1, -0.05) is 45.0 Å². The molecule has 0 aliphatic rings. The van der Waals surface area contributed by atoms with Crippen molar-refractivity contribution in [1.82, 2.24) is 0 Å². The summed E-state index contributed by atoms with van der Waals surface area (Å²) in [6.07, 6.45) is 0. The molecule has 0 aromatic heterocycles. The van der Waals surface area contributed by atoms with Crippen molar-refractivity contribution in [2.75, 3.05) is 12.5 Å². The number of methoxy groups -OCH3 is 1. The molecule has 0 aliphatic carbocycles. The molecule has 0 atom stereocenters. The molecule has 0 amide bonds. The Kier molecular flexibility index (Phi) is 6.41. The smallest absolute Gasteiger partial charge is 0.118 e. The van der Waals surface area contributed by atoms with E-state index in [4.69, 9.17) is 4.74 Å². The van der Waals surface area contributed by atoms with Crippen LogP contribution in [0.3, 0.4) is 0 Å². The van der Waals surface area contributed by atoms with Gasteiger partial charge in [-0.25, -0.2) is 0 Å². The highest BCUT2D eigenvalue weighted by atomic mass is 32.2. The first kappa shape index (κ1) is 18.9. The predicted molar refractivity (Wildman–Crippen MR) is 107 cm³/mol. The lowest BCUT2D eigenvalue weighted by Crippen LogP contribution is -2.55. The van der Waals surface area contributed by atoms with E-state index in [0.29, 0.717) is 16.8 Å². The highest BCUT2D eigenvalue weighted by molar-refractivity contribution is 8.01. The first-order valence-electron chi connectivity index (χ1n) is 8.46. The van der Waals surface area contributed by atoms with Crippen molar-refractivity contribution in [3.8, 4) is 11.5 Å². The van der Waals surface area contributed by atoms with Gasteiger partial charge in [-0.2, -0.15) is 0 Å². The van der Waals surface area contributed by atoms with Crippen LogP contribution in [0.25, 0.3) is 0 Å². The fraction of sp³-hybridized carbons (Fsp3) is 0.400. The zero-order valence-corrected chi connectivity index (χ0v) is 17.1. The zero-order valence-electron chi connectivity index (χ0n) is 15.2. The van der Waals surface area contributed by atoms with Crippen molar-refractivity contribution >= 4 is 25.0 Å². The van der Waals surface area contributed by atoms with Gasteiger partial charge in [-0.3, -0.25) is 0 Å². The first-order valence-corrected chi connectivity index (χ1v) is 11.8. The van der Waals surface area contributed by atoms with Gasteiger partial charge >= 0.3 is 0 Å².